The highest BCUT2D eigenvalue weighted by Gasteiger charge is 2.34. The van der Waals surface area contributed by atoms with Gasteiger partial charge in [0.1, 0.15) is 12.6 Å². The van der Waals surface area contributed by atoms with Crippen molar-refractivity contribution in [2.45, 2.75) is 58.0 Å². The number of anilines is 1. The van der Waals surface area contributed by atoms with Gasteiger partial charge in [0.15, 0.2) is 0 Å². The van der Waals surface area contributed by atoms with Gasteiger partial charge in [-0.2, -0.15) is 0 Å². The molecule has 0 bridgehead atoms. The number of nitrogens with one attached hydrogen (secondary N) is 1. The van der Waals surface area contributed by atoms with E-state index in [1.165, 1.54) is 4.90 Å². The number of aryl methyl sites for hydroxylation is 3. The molecule has 0 aliphatic rings. The van der Waals surface area contributed by atoms with E-state index in [0.717, 1.165) is 43.0 Å². The first-order chi connectivity index (χ1) is 21.5. The number of benzene rings is 4. The van der Waals surface area contributed by atoms with Crippen molar-refractivity contribution in [2.24, 2.45) is 0 Å². The lowest BCUT2D eigenvalue weighted by molar-refractivity contribution is -0.140. The molecule has 0 heterocycles. The average Bonchev–Trinajstić information content (AvgIpc) is 3.01. The van der Waals surface area contributed by atoms with E-state index in [-0.39, 0.29) is 23.8 Å². The molecule has 7 nitrogen and oxygen atoms in total. The van der Waals surface area contributed by atoms with Crippen molar-refractivity contribution < 1.29 is 18.0 Å². The van der Waals surface area contributed by atoms with Crippen LogP contribution >= 0.6 is 15.9 Å². The van der Waals surface area contributed by atoms with E-state index in [9.17, 15) is 18.0 Å². The zero-order valence-corrected chi connectivity index (χ0v) is 28.6. The number of halogens is 1. The molecule has 0 saturated carbocycles. The Hall–Kier alpha value is -3.95. The van der Waals surface area contributed by atoms with Gasteiger partial charge in [0.2, 0.25) is 11.8 Å². The van der Waals surface area contributed by atoms with Gasteiger partial charge >= 0.3 is 0 Å². The fourth-order valence-electron chi connectivity index (χ4n) is 5.17. The average molecular weight is 691 g/mol. The number of rotatable bonds is 13. The molecule has 4 aromatic rings. The van der Waals surface area contributed by atoms with Crippen molar-refractivity contribution in [3.05, 3.63) is 129 Å². The molecular weight excluding hydrogens is 650 g/mol. The van der Waals surface area contributed by atoms with Gasteiger partial charge in [0, 0.05) is 24.0 Å². The van der Waals surface area contributed by atoms with Crippen LogP contribution in [-0.2, 0) is 32.6 Å². The summed E-state index contributed by atoms with van der Waals surface area (Å²) in [4.78, 5) is 29.9. The summed E-state index contributed by atoms with van der Waals surface area (Å²) in [7, 11) is -4.15. The van der Waals surface area contributed by atoms with Gasteiger partial charge in [-0.3, -0.25) is 13.9 Å². The van der Waals surface area contributed by atoms with Gasteiger partial charge in [-0.25, -0.2) is 8.42 Å². The summed E-state index contributed by atoms with van der Waals surface area (Å²) in [6.07, 6.45) is 1.01. The van der Waals surface area contributed by atoms with E-state index in [1.807, 2.05) is 88.4 Å². The van der Waals surface area contributed by atoms with E-state index in [1.54, 1.807) is 36.4 Å². The van der Waals surface area contributed by atoms with Gasteiger partial charge in [-0.05, 0) is 85.8 Å². The van der Waals surface area contributed by atoms with Gasteiger partial charge < -0.3 is 10.2 Å². The molecule has 0 saturated heterocycles. The van der Waals surface area contributed by atoms with Gasteiger partial charge in [0.05, 0.1) is 10.6 Å². The highest BCUT2D eigenvalue weighted by Crippen LogP contribution is 2.27. The molecule has 236 valence electrons. The SMILES string of the molecule is CCCNC(=O)[C@H](Cc1ccccc1)N(Cc1ccc(Br)cc1)C(=O)CN(c1cc(C)cc(C)c1)S(=O)(=O)c1ccc(C)cc1. The lowest BCUT2D eigenvalue weighted by Gasteiger charge is -2.34. The fraction of sp³-hybridized carbons (Fsp3) is 0.278. The Bertz CT molecular complexity index is 1690. The maximum Gasteiger partial charge on any atom is 0.264 e. The Morgan fingerprint density at radius 2 is 1.42 bits per heavy atom. The third kappa shape index (κ3) is 9.05. The number of hydrogen-bond donors (Lipinski definition) is 1. The fourth-order valence-corrected chi connectivity index (χ4v) is 6.83. The zero-order chi connectivity index (χ0) is 32.6. The van der Waals surface area contributed by atoms with E-state index in [4.69, 9.17) is 0 Å². The Kier molecular flexibility index (Phi) is 11.6. The van der Waals surface area contributed by atoms with E-state index in [2.05, 4.69) is 21.2 Å². The van der Waals surface area contributed by atoms with Crippen LogP contribution in [0.4, 0.5) is 5.69 Å². The molecule has 4 aromatic carbocycles. The van der Waals surface area contributed by atoms with Crippen LogP contribution in [0, 0.1) is 20.8 Å². The molecule has 9 heteroatoms. The highest BCUT2D eigenvalue weighted by atomic mass is 79.9. The Morgan fingerprint density at radius 1 is 0.800 bits per heavy atom. The first-order valence-electron chi connectivity index (χ1n) is 15.0. The van der Waals surface area contributed by atoms with Crippen LogP contribution in [0.3, 0.4) is 0 Å². The predicted molar refractivity (Wildman–Crippen MR) is 184 cm³/mol. The van der Waals surface area contributed by atoms with Crippen LogP contribution in [0.2, 0.25) is 0 Å². The summed E-state index contributed by atoms with van der Waals surface area (Å²) >= 11 is 3.47. The molecule has 0 aliphatic carbocycles. The number of nitrogens with zero attached hydrogens (tertiary/aromatic N) is 2. The quantitative estimate of drug-likeness (QED) is 0.169. The van der Waals surface area contributed by atoms with Gasteiger partial charge in [0.25, 0.3) is 10.0 Å². The van der Waals surface area contributed by atoms with Crippen LogP contribution in [0.25, 0.3) is 0 Å². The van der Waals surface area contributed by atoms with Crippen LogP contribution in [0.1, 0.15) is 41.2 Å². The maximum atomic E-state index is 14.5. The third-order valence-corrected chi connectivity index (χ3v) is 9.79. The summed E-state index contributed by atoms with van der Waals surface area (Å²) < 4.78 is 30.5. The molecule has 0 aromatic heterocycles. The van der Waals surface area contributed by atoms with Gasteiger partial charge in [-0.1, -0.05) is 89.1 Å². The maximum absolute atomic E-state index is 14.5. The molecule has 0 aliphatic heterocycles. The number of amides is 2. The summed E-state index contributed by atoms with van der Waals surface area (Å²) in [6, 6.07) is 28.3. The van der Waals surface area contributed by atoms with Crippen molar-refractivity contribution >= 4 is 43.5 Å². The summed E-state index contributed by atoms with van der Waals surface area (Å²) in [5, 5.41) is 2.97. The first-order valence-corrected chi connectivity index (χ1v) is 17.2. The molecule has 0 radical (unpaired) electrons. The van der Waals surface area contributed by atoms with Crippen LogP contribution in [0.15, 0.2) is 106 Å². The van der Waals surface area contributed by atoms with Crippen molar-refractivity contribution in [3.63, 3.8) is 0 Å². The Morgan fingerprint density at radius 3 is 2.02 bits per heavy atom. The zero-order valence-electron chi connectivity index (χ0n) is 26.2. The molecule has 1 N–H and O–H groups in total. The minimum atomic E-state index is -4.15. The van der Waals surface area contributed by atoms with Crippen molar-refractivity contribution in [3.8, 4) is 0 Å². The predicted octanol–water partition coefficient (Wildman–Crippen LogP) is 6.74. The molecule has 0 unspecified atom stereocenters. The largest absolute Gasteiger partial charge is 0.354 e. The van der Waals surface area contributed by atoms with E-state index >= 15 is 0 Å². The summed E-state index contributed by atoms with van der Waals surface area (Å²) in [5.74, 6) is -0.772. The topological polar surface area (TPSA) is 86.8 Å². The first kappa shape index (κ1) is 33.9. The van der Waals surface area contributed by atoms with Crippen LogP contribution < -0.4 is 9.62 Å². The molecule has 4 rings (SSSR count). The van der Waals surface area contributed by atoms with Crippen molar-refractivity contribution in [1.82, 2.24) is 10.2 Å². The van der Waals surface area contributed by atoms with Crippen LogP contribution in [-0.4, -0.2) is 44.3 Å². The molecule has 0 fully saturated rings. The number of hydrogen-bond acceptors (Lipinski definition) is 4. The highest BCUT2D eigenvalue weighted by molar-refractivity contribution is 9.10. The normalized spacial score (nSPS) is 11.9. The second-order valence-corrected chi connectivity index (χ2v) is 14.1. The minimum Gasteiger partial charge on any atom is -0.354 e. The minimum absolute atomic E-state index is 0.0843. The Labute approximate surface area is 275 Å². The molecule has 45 heavy (non-hydrogen) atoms. The lowest BCUT2D eigenvalue weighted by Crippen LogP contribution is -2.53. The Balaban J connectivity index is 1.81. The molecule has 1 atom stereocenters. The summed E-state index contributed by atoms with van der Waals surface area (Å²) in [6.45, 7) is 7.73. The molecule has 2 amide bonds. The smallest absolute Gasteiger partial charge is 0.264 e. The van der Waals surface area contributed by atoms with Gasteiger partial charge in [-0.15, -0.1) is 0 Å². The van der Waals surface area contributed by atoms with E-state index < -0.39 is 28.5 Å². The lowest BCUT2D eigenvalue weighted by atomic mass is 10.0. The molecular formula is C36H40BrN3O4S. The van der Waals surface area contributed by atoms with Crippen molar-refractivity contribution in [1.29, 1.82) is 0 Å². The monoisotopic (exact) mass is 689 g/mol. The standard InChI is InChI=1S/C36H40BrN3O4S/c1-5-19-38-36(42)34(23-29-9-7-6-8-10-29)39(24-30-13-15-31(37)16-14-30)35(41)25-40(32-21-27(3)20-28(4)22-32)45(43,44)33-17-11-26(2)12-18-33/h6-18,20-22,34H,5,19,23-25H2,1-4H3,(H,38,42)/t34-/m0/s1. The number of sulfonamides is 1. The van der Waals surface area contributed by atoms with Crippen molar-refractivity contribution in [2.75, 3.05) is 17.4 Å². The number of carbonyl (C=O) groups is 2. The summed E-state index contributed by atoms with van der Waals surface area (Å²) in [5.41, 5.74) is 4.75. The second-order valence-electron chi connectivity index (χ2n) is 11.3. The number of carbonyl (C=O) groups excluding carboxylic acids is 2. The van der Waals surface area contributed by atoms with E-state index in [0.29, 0.717) is 12.2 Å². The second kappa shape index (κ2) is 15.4. The van der Waals surface area contributed by atoms with Crippen LogP contribution in [0.5, 0.6) is 0 Å². The molecule has 0 spiro atoms. The third-order valence-electron chi connectivity index (χ3n) is 7.47.